The van der Waals surface area contributed by atoms with Gasteiger partial charge < -0.3 is 10.2 Å². The van der Waals surface area contributed by atoms with E-state index in [4.69, 9.17) is 0 Å². The Hall–Kier alpha value is -2.99. The third-order valence-corrected chi connectivity index (χ3v) is 4.70. The van der Waals surface area contributed by atoms with E-state index in [0.717, 1.165) is 0 Å². The molecule has 132 valence electrons. The summed E-state index contributed by atoms with van der Waals surface area (Å²) >= 11 is 1.36. The number of rotatable bonds is 5. The largest absolute Gasteiger partial charge is 0.321 e. The van der Waals surface area contributed by atoms with E-state index in [1.807, 2.05) is 18.4 Å². The smallest absolute Gasteiger partial charge is 0.265 e. The first-order valence-electron chi connectivity index (χ1n) is 8.11. The molecule has 1 aromatic heterocycles. The van der Waals surface area contributed by atoms with Gasteiger partial charge in [-0.05, 0) is 66.9 Å². The van der Waals surface area contributed by atoms with Crippen molar-refractivity contribution in [3.05, 3.63) is 82.3 Å². The number of amides is 2. The summed E-state index contributed by atoms with van der Waals surface area (Å²) in [6, 6.07) is 16.1. The van der Waals surface area contributed by atoms with Crippen molar-refractivity contribution in [3.63, 3.8) is 0 Å². The fourth-order valence-corrected chi connectivity index (χ4v) is 3.14. The number of nitrogens with zero attached hydrogens (tertiary/aromatic N) is 1. The molecule has 1 N–H and O–H groups in total. The minimum absolute atomic E-state index is 0.180. The zero-order chi connectivity index (χ0) is 18.5. The van der Waals surface area contributed by atoms with Crippen LogP contribution in [0.3, 0.4) is 0 Å². The van der Waals surface area contributed by atoms with Gasteiger partial charge in [0.05, 0.1) is 4.88 Å². The molecule has 26 heavy (non-hydrogen) atoms. The van der Waals surface area contributed by atoms with Gasteiger partial charge in [0.25, 0.3) is 11.8 Å². The lowest BCUT2D eigenvalue weighted by Crippen LogP contribution is -2.30. The van der Waals surface area contributed by atoms with Crippen molar-refractivity contribution >= 4 is 34.5 Å². The van der Waals surface area contributed by atoms with Crippen LogP contribution in [0.4, 0.5) is 15.8 Å². The average molecular weight is 368 g/mol. The molecule has 0 atom stereocenters. The Bertz CT molecular complexity index is 891. The Morgan fingerprint density at radius 3 is 2.31 bits per heavy atom. The number of carbonyl (C=O) groups is 2. The molecule has 2 amide bonds. The summed E-state index contributed by atoms with van der Waals surface area (Å²) in [5.41, 5.74) is 1.74. The Balaban J connectivity index is 1.73. The van der Waals surface area contributed by atoms with Crippen LogP contribution in [0.5, 0.6) is 0 Å². The van der Waals surface area contributed by atoms with E-state index < -0.39 is 0 Å². The Morgan fingerprint density at radius 2 is 1.73 bits per heavy atom. The van der Waals surface area contributed by atoms with E-state index in [2.05, 4.69) is 5.32 Å². The lowest BCUT2D eigenvalue weighted by molar-refractivity contribution is 0.0987. The van der Waals surface area contributed by atoms with Gasteiger partial charge in [-0.3, -0.25) is 9.59 Å². The van der Waals surface area contributed by atoms with Crippen LogP contribution in [0.15, 0.2) is 66.0 Å². The van der Waals surface area contributed by atoms with Gasteiger partial charge in [0.1, 0.15) is 5.82 Å². The fraction of sp³-hybridized carbons (Fsp3) is 0.100. The SMILES string of the molecule is CCN(C(=O)c1ccc(NC(=O)c2cccs2)cc1)c1ccc(F)cc1. The third-order valence-electron chi connectivity index (χ3n) is 3.83. The third kappa shape index (κ3) is 3.97. The molecule has 0 radical (unpaired) electrons. The van der Waals surface area contributed by atoms with Crippen LogP contribution in [-0.4, -0.2) is 18.4 Å². The van der Waals surface area contributed by atoms with Crippen molar-refractivity contribution < 1.29 is 14.0 Å². The first-order valence-corrected chi connectivity index (χ1v) is 8.99. The van der Waals surface area contributed by atoms with E-state index >= 15 is 0 Å². The highest BCUT2D eigenvalue weighted by atomic mass is 32.1. The molecule has 0 fully saturated rings. The van der Waals surface area contributed by atoms with Crippen molar-refractivity contribution in [2.75, 3.05) is 16.8 Å². The van der Waals surface area contributed by atoms with Crippen LogP contribution in [0.1, 0.15) is 27.0 Å². The predicted molar refractivity (Wildman–Crippen MR) is 102 cm³/mol. The van der Waals surface area contributed by atoms with Crippen LogP contribution in [0, 0.1) is 5.82 Å². The quantitative estimate of drug-likeness (QED) is 0.703. The molecule has 0 bridgehead atoms. The molecule has 0 unspecified atom stereocenters. The van der Waals surface area contributed by atoms with Crippen LogP contribution in [0.2, 0.25) is 0 Å². The highest BCUT2D eigenvalue weighted by Crippen LogP contribution is 2.19. The summed E-state index contributed by atoms with van der Waals surface area (Å²) in [6.45, 7) is 2.32. The molecule has 0 saturated carbocycles. The second kappa shape index (κ2) is 7.93. The number of carbonyl (C=O) groups excluding carboxylic acids is 2. The summed E-state index contributed by atoms with van der Waals surface area (Å²) in [5, 5.41) is 4.64. The van der Waals surface area contributed by atoms with Gasteiger partial charge in [-0.2, -0.15) is 0 Å². The molecular formula is C20H17FN2O2S. The number of hydrogen-bond acceptors (Lipinski definition) is 3. The van der Waals surface area contributed by atoms with E-state index in [-0.39, 0.29) is 17.6 Å². The molecule has 0 spiro atoms. The summed E-state index contributed by atoms with van der Waals surface area (Å²) in [4.78, 5) is 27.0. The van der Waals surface area contributed by atoms with E-state index in [0.29, 0.717) is 28.4 Å². The molecule has 6 heteroatoms. The molecule has 3 aromatic rings. The summed E-state index contributed by atoms with van der Waals surface area (Å²) in [6.07, 6.45) is 0. The molecule has 3 rings (SSSR count). The molecule has 4 nitrogen and oxygen atoms in total. The van der Waals surface area contributed by atoms with Gasteiger partial charge in [0.15, 0.2) is 0 Å². The molecule has 0 aliphatic carbocycles. The number of thiophene rings is 1. The van der Waals surface area contributed by atoms with Gasteiger partial charge in [0.2, 0.25) is 0 Å². The monoisotopic (exact) mass is 368 g/mol. The summed E-state index contributed by atoms with van der Waals surface area (Å²) < 4.78 is 13.1. The van der Waals surface area contributed by atoms with Crippen molar-refractivity contribution in [3.8, 4) is 0 Å². The molecule has 0 saturated heterocycles. The summed E-state index contributed by atoms with van der Waals surface area (Å²) in [7, 11) is 0. The van der Waals surface area contributed by atoms with Gasteiger partial charge in [0, 0.05) is 23.5 Å². The highest BCUT2D eigenvalue weighted by molar-refractivity contribution is 7.12. The normalized spacial score (nSPS) is 10.4. The van der Waals surface area contributed by atoms with Gasteiger partial charge in [-0.25, -0.2) is 4.39 Å². The minimum Gasteiger partial charge on any atom is -0.321 e. The average Bonchev–Trinajstić information content (AvgIpc) is 3.19. The predicted octanol–water partition coefficient (Wildman–Crippen LogP) is 4.81. The van der Waals surface area contributed by atoms with Crippen molar-refractivity contribution in [1.82, 2.24) is 0 Å². The molecule has 0 aliphatic heterocycles. The summed E-state index contributed by atoms with van der Waals surface area (Å²) in [5.74, 6) is -0.709. The van der Waals surface area contributed by atoms with Crippen molar-refractivity contribution in [1.29, 1.82) is 0 Å². The maximum Gasteiger partial charge on any atom is 0.265 e. The Morgan fingerprint density at radius 1 is 1.04 bits per heavy atom. The zero-order valence-electron chi connectivity index (χ0n) is 14.1. The second-order valence-corrected chi connectivity index (χ2v) is 6.48. The number of hydrogen-bond donors (Lipinski definition) is 1. The van der Waals surface area contributed by atoms with E-state index in [9.17, 15) is 14.0 Å². The molecule has 0 aliphatic rings. The van der Waals surface area contributed by atoms with Gasteiger partial charge in [-0.1, -0.05) is 6.07 Å². The molecule has 2 aromatic carbocycles. The van der Waals surface area contributed by atoms with Crippen LogP contribution in [0.25, 0.3) is 0 Å². The minimum atomic E-state index is -0.344. The standard InChI is InChI=1S/C20H17FN2O2S/c1-2-23(17-11-7-15(21)8-12-17)20(25)14-5-9-16(10-6-14)22-19(24)18-4-3-13-26-18/h3-13H,2H2,1H3,(H,22,24). The van der Waals surface area contributed by atoms with E-state index in [1.54, 1.807) is 47.4 Å². The van der Waals surface area contributed by atoms with Crippen LogP contribution in [-0.2, 0) is 0 Å². The first kappa shape index (κ1) is 17.8. The van der Waals surface area contributed by atoms with Gasteiger partial charge in [-0.15, -0.1) is 11.3 Å². The Labute approximate surface area is 154 Å². The lowest BCUT2D eigenvalue weighted by atomic mass is 10.1. The number of anilines is 2. The maximum atomic E-state index is 13.1. The lowest BCUT2D eigenvalue weighted by Gasteiger charge is -2.21. The zero-order valence-corrected chi connectivity index (χ0v) is 14.9. The number of nitrogens with one attached hydrogen (secondary N) is 1. The van der Waals surface area contributed by atoms with Crippen molar-refractivity contribution in [2.45, 2.75) is 6.92 Å². The highest BCUT2D eigenvalue weighted by Gasteiger charge is 2.16. The maximum absolute atomic E-state index is 13.1. The van der Waals surface area contributed by atoms with Crippen molar-refractivity contribution in [2.24, 2.45) is 0 Å². The topological polar surface area (TPSA) is 49.4 Å². The first-order chi connectivity index (χ1) is 12.6. The molecular weight excluding hydrogens is 351 g/mol. The Kier molecular flexibility index (Phi) is 5.43. The van der Waals surface area contributed by atoms with Crippen LogP contribution >= 0.6 is 11.3 Å². The van der Waals surface area contributed by atoms with E-state index in [1.165, 1.54) is 23.5 Å². The number of halogens is 1. The van der Waals surface area contributed by atoms with Crippen LogP contribution < -0.4 is 10.2 Å². The molecule has 1 heterocycles. The fourth-order valence-electron chi connectivity index (χ4n) is 2.52. The number of benzene rings is 2. The van der Waals surface area contributed by atoms with Gasteiger partial charge >= 0.3 is 0 Å². The second-order valence-electron chi connectivity index (χ2n) is 5.53.